The molecule has 1 aliphatic heterocycles. The number of hydrogen-bond acceptors (Lipinski definition) is 6. The summed E-state index contributed by atoms with van der Waals surface area (Å²) in [6.45, 7) is 0.971. The first-order valence-corrected chi connectivity index (χ1v) is 15.7. The fourth-order valence-electron chi connectivity index (χ4n) is 4.28. The molecule has 220 valence electrons. The Balaban J connectivity index is 1.78. The summed E-state index contributed by atoms with van der Waals surface area (Å²) in [5.74, 6) is -0.463. The molecule has 1 heterocycles. The first kappa shape index (κ1) is 30.8. The lowest BCUT2D eigenvalue weighted by Crippen LogP contribution is -2.44. The molecule has 0 aliphatic carbocycles. The summed E-state index contributed by atoms with van der Waals surface area (Å²) < 4.78 is 116. The zero-order valence-electron chi connectivity index (χ0n) is 21.7. The van der Waals surface area contributed by atoms with Crippen LogP contribution in [0.2, 0.25) is 5.02 Å². The minimum Gasteiger partial charge on any atom is -0.486 e. The Morgan fingerprint density at radius 2 is 1.80 bits per heavy atom. The van der Waals surface area contributed by atoms with E-state index in [-0.39, 0.29) is 41.6 Å². The van der Waals surface area contributed by atoms with Crippen LogP contribution in [0, 0.1) is 5.82 Å². The van der Waals surface area contributed by atoms with Crippen molar-refractivity contribution in [3.05, 3.63) is 88.2 Å². The van der Waals surface area contributed by atoms with Gasteiger partial charge >= 0.3 is 6.18 Å². The molecule has 41 heavy (non-hydrogen) atoms. The number of sulfonamides is 1. The molecule has 0 fully saturated rings. The van der Waals surface area contributed by atoms with E-state index in [0.717, 1.165) is 28.8 Å². The highest BCUT2D eigenvalue weighted by Crippen LogP contribution is 2.40. The molecule has 3 aromatic carbocycles. The largest absolute Gasteiger partial charge is 0.486 e. The average molecular weight is 634 g/mol. The van der Waals surface area contributed by atoms with Crippen molar-refractivity contribution in [3.63, 3.8) is 0 Å². The second kappa shape index (κ2) is 11.6. The van der Waals surface area contributed by atoms with Crippen molar-refractivity contribution in [1.29, 1.82) is 0 Å². The molecule has 0 amide bonds. The Bertz CT molecular complexity index is 1690. The molecule has 14 heteroatoms. The predicted octanol–water partition coefficient (Wildman–Crippen LogP) is 6.38. The lowest BCUT2D eigenvalue weighted by atomic mass is 10.0. The minimum atomic E-state index is -4.77. The van der Waals surface area contributed by atoms with Gasteiger partial charge in [0.1, 0.15) is 17.7 Å². The maximum absolute atomic E-state index is 14.5. The third kappa shape index (κ3) is 7.21. The minimum absolute atomic E-state index is 0.0314. The summed E-state index contributed by atoms with van der Waals surface area (Å²) in [4.78, 5) is -0.596. The van der Waals surface area contributed by atoms with Crippen LogP contribution < -0.4 is 9.04 Å². The van der Waals surface area contributed by atoms with E-state index in [1.807, 2.05) is 0 Å². The summed E-state index contributed by atoms with van der Waals surface area (Å²) in [6.07, 6.45) is -3.26. The second-order valence-corrected chi connectivity index (χ2v) is 13.2. The number of rotatable bonds is 8. The monoisotopic (exact) mass is 633 g/mol. The van der Waals surface area contributed by atoms with Gasteiger partial charge in [0, 0.05) is 12.0 Å². The van der Waals surface area contributed by atoms with Crippen LogP contribution in [-0.2, 0) is 30.5 Å². The van der Waals surface area contributed by atoms with Gasteiger partial charge in [-0.15, -0.1) is 0 Å². The zero-order valence-corrected chi connectivity index (χ0v) is 24.0. The second-order valence-electron chi connectivity index (χ2n) is 9.27. The molecular formula is C27H24ClF4NO6S2. The molecule has 0 saturated heterocycles. The molecule has 4 rings (SSSR count). The number of hydrogen-bond donors (Lipinski definition) is 0. The van der Waals surface area contributed by atoms with E-state index in [9.17, 15) is 34.4 Å². The van der Waals surface area contributed by atoms with Crippen molar-refractivity contribution in [3.8, 4) is 5.75 Å². The average Bonchev–Trinajstić information content (AvgIpc) is 2.87. The topological polar surface area (TPSA) is 90.0 Å². The number of benzene rings is 3. The summed E-state index contributed by atoms with van der Waals surface area (Å²) in [6, 6.07) is 12.1. The summed E-state index contributed by atoms with van der Waals surface area (Å²) in [5.41, 5.74) is -0.0780. The Labute approximate surface area is 240 Å². The highest BCUT2D eigenvalue weighted by atomic mass is 35.5. The highest BCUT2D eigenvalue weighted by molar-refractivity contribution is 7.92. The number of anilines is 1. The van der Waals surface area contributed by atoms with Gasteiger partial charge in [0.25, 0.3) is 20.1 Å². The Morgan fingerprint density at radius 3 is 2.46 bits per heavy atom. The van der Waals surface area contributed by atoms with Gasteiger partial charge in [-0.25, -0.2) is 12.8 Å². The van der Waals surface area contributed by atoms with Crippen LogP contribution in [-0.4, -0.2) is 42.3 Å². The summed E-state index contributed by atoms with van der Waals surface area (Å²) >= 11 is 6.17. The predicted molar refractivity (Wildman–Crippen MR) is 147 cm³/mol. The van der Waals surface area contributed by atoms with Gasteiger partial charge < -0.3 is 4.74 Å². The van der Waals surface area contributed by atoms with Crippen LogP contribution in [0.1, 0.15) is 30.0 Å². The van der Waals surface area contributed by atoms with Gasteiger partial charge in [-0.3, -0.25) is 8.49 Å². The number of allylic oxidation sites excluding steroid dienone is 1. The Morgan fingerprint density at radius 1 is 1.10 bits per heavy atom. The first-order valence-electron chi connectivity index (χ1n) is 12.0. The van der Waals surface area contributed by atoms with Crippen LogP contribution in [0.3, 0.4) is 0 Å². The van der Waals surface area contributed by atoms with Crippen molar-refractivity contribution in [1.82, 2.24) is 0 Å². The third-order valence-electron chi connectivity index (χ3n) is 6.14. The summed E-state index contributed by atoms with van der Waals surface area (Å²) in [7, 11) is -8.33. The zero-order chi connectivity index (χ0) is 30.2. The Kier molecular flexibility index (Phi) is 8.74. The SMILES string of the molecule is CC(=Cc1ccc2c(c1)N(S(=O)(=O)c1cccc(C(F)(F)F)c1)CC(CCOS(C)(=O)=O)O2)c1c(F)cccc1Cl. The number of ether oxygens (including phenoxy) is 1. The number of halogens is 5. The smallest absolute Gasteiger partial charge is 0.416 e. The molecule has 3 aromatic rings. The lowest BCUT2D eigenvalue weighted by Gasteiger charge is -2.35. The van der Waals surface area contributed by atoms with Crippen molar-refractivity contribution in [2.75, 3.05) is 23.7 Å². The molecule has 1 aliphatic rings. The van der Waals surface area contributed by atoms with Crippen LogP contribution in [0.4, 0.5) is 23.2 Å². The first-order chi connectivity index (χ1) is 19.1. The van der Waals surface area contributed by atoms with Crippen LogP contribution >= 0.6 is 11.6 Å². The lowest BCUT2D eigenvalue weighted by molar-refractivity contribution is -0.137. The van der Waals surface area contributed by atoms with E-state index in [0.29, 0.717) is 17.2 Å². The fraction of sp³-hybridized carbons (Fsp3) is 0.259. The molecule has 1 atom stereocenters. The molecule has 0 spiro atoms. The quantitative estimate of drug-likeness (QED) is 0.162. The van der Waals surface area contributed by atoms with Gasteiger partial charge in [0.15, 0.2) is 0 Å². The van der Waals surface area contributed by atoms with E-state index in [4.69, 9.17) is 20.5 Å². The molecule has 0 N–H and O–H groups in total. The van der Waals surface area contributed by atoms with Gasteiger partial charge in [-0.2, -0.15) is 21.6 Å². The van der Waals surface area contributed by atoms with E-state index < -0.39 is 48.7 Å². The third-order valence-corrected chi connectivity index (χ3v) is 8.83. The highest BCUT2D eigenvalue weighted by Gasteiger charge is 2.37. The standard InChI is InChI=1S/C27H24ClF4NO6S2/c1-17(26-22(28)7-4-8-23(26)29)13-18-9-10-25-24(14-18)33(16-20(39-25)11-12-38-40(2,34)35)41(36,37)21-6-3-5-19(15-21)27(30,31)32/h3-10,13-15,20H,11-12,16H2,1-2H3. The van der Waals surface area contributed by atoms with Crippen molar-refractivity contribution < 1.29 is 43.3 Å². The van der Waals surface area contributed by atoms with Gasteiger partial charge in [0.2, 0.25) is 0 Å². The fourth-order valence-corrected chi connectivity index (χ4v) is 6.54. The van der Waals surface area contributed by atoms with Gasteiger partial charge in [-0.05, 0) is 60.5 Å². The van der Waals surface area contributed by atoms with Gasteiger partial charge in [0.05, 0.1) is 40.6 Å². The molecule has 0 bridgehead atoms. The maximum atomic E-state index is 14.5. The van der Waals surface area contributed by atoms with E-state index in [1.54, 1.807) is 19.1 Å². The van der Waals surface area contributed by atoms with Crippen molar-refractivity contribution in [2.45, 2.75) is 30.5 Å². The molecule has 1 unspecified atom stereocenters. The molecule has 7 nitrogen and oxygen atoms in total. The molecule has 0 saturated carbocycles. The van der Waals surface area contributed by atoms with E-state index in [1.165, 1.54) is 30.3 Å². The van der Waals surface area contributed by atoms with Crippen LogP contribution in [0.15, 0.2) is 65.6 Å². The molecular weight excluding hydrogens is 610 g/mol. The maximum Gasteiger partial charge on any atom is 0.416 e. The Hall–Kier alpha value is -3.13. The van der Waals surface area contributed by atoms with Crippen molar-refractivity contribution in [2.24, 2.45) is 0 Å². The number of alkyl halides is 3. The van der Waals surface area contributed by atoms with E-state index >= 15 is 0 Å². The van der Waals surface area contributed by atoms with Crippen molar-refractivity contribution >= 4 is 49.1 Å². The summed E-state index contributed by atoms with van der Waals surface area (Å²) in [5, 5.41) is 0.174. The van der Waals surface area contributed by atoms with E-state index in [2.05, 4.69) is 0 Å². The van der Waals surface area contributed by atoms with Crippen LogP contribution in [0.5, 0.6) is 5.75 Å². The number of fused-ring (bicyclic) bond motifs is 1. The normalized spacial score (nSPS) is 16.3. The molecule has 0 aromatic heterocycles. The van der Waals surface area contributed by atoms with Gasteiger partial charge in [-0.1, -0.05) is 35.9 Å². The number of nitrogens with zero attached hydrogens (tertiary/aromatic N) is 1. The van der Waals surface area contributed by atoms with Crippen LogP contribution in [0.25, 0.3) is 11.6 Å². The molecule has 0 radical (unpaired) electrons.